The molecule has 0 unspecified atom stereocenters. The monoisotopic (exact) mass is 246 g/mol. The number of hydrogen-bond acceptors (Lipinski definition) is 2. The molecule has 1 fully saturated rings. The number of benzene rings is 1. The number of hydrogen-bond donors (Lipinski definition) is 0. The van der Waals surface area contributed by atoms with Crippen molar-refractivity contribution >= 4 is 5.97 Å². The van der Waals surface area contributed by atoms with E-state index in [-0.39, 0.29) is 11.4 Å². The quantitative estimate of drug-likeness (QED) is 0.754. The van der Waals surface area contributed by atoms with Gasteiger partial charge in [0.15, 0.2) is 0 Å². The third-order valence-corrected chi connectivity index (χ3v) is 3.98. The Morgan fingerprint density at radius 2 is 1.83 bits per heavy atom. The predicted molar refractivity (Wildman–Crippen MR) is 72.5 cm³/mol. The van der Waals surface area contributed by atoms with Crippen molar-refractivity contribution in [2.24, 2.45) is 0 Å². The number of ether oxygens (including phenoxy) is 1. The van der Waals surface area contributed by atoms with Crippen LogP contribution in [0.5, 0.6) is 0 Å². The van der Waals surface area contributed by atoms with Crippen molar-refractivity contribution in [2.45, 2.75) is 50.9 Å². The van der Waals surface area contributed by atoms with Crippen LogP contribution in [-0.4, -0.2) is 12.6 Å². The lowest BCUT2D eigenvalue weighted by atomic mass is 9.67. The summed E-state index contributed by atoms with van der Waals surface area (Å²) >= 11 is 0. The minimum Gasteiger partial charge on any atom is -0.466 e. The van der Waals surface area contributed by atoms with Crippen molar-refractivity contribution in [1.29, 1.82) is 0 Å². The van der Waals surface area contributed by atoms with Crippen LogP contribution in [0.25, 0.3) is 0 Å². The smallest absolute Gasteiger partial charge is 0.306 e. The van der Waals surface area contributed by atoms with Gasteiger partial charge in [-0.1, -0.05) is 49.6 Å². The maximum absolute atomic E-state index is 11.9. The Kier molecular flexibility index (Phi) is 4.40. The normalized spacial score (nSPS) is 18.3. The van der Waals surface area contributed by atoms with Crippen LogP contribution in [0.2, 0.25) is 0 Å². The van der Waals surface area contributed by atoms with Crippen LogP contribution in [0.15, 0.2) is 30.3 Å². The lowest BCUT2D eigenvalue weighted by Gasteiger charge is -2.37. The summed E-state index contributed by atoms with van der Waals surface area (Å²) in [6.07, 6.45) is 6.47. The summed E-state index contributed by atoms with van der Waals surface area (Å²) in [6.45, 7) is 2.34. The summed E-state index contributed by atoms with van der Waals surface area (Å²) < 4.78 is 5.15. The van der Waals surface area contributed by atoms with E-state index >= 15 is 0 Å². The number of rotatable bonds is 4. The molecule has 2 heteroatoms. The molecule has 0 radical (unpaired) electrons. The van der Waals surface area contributed by atoms with Gasteiger partial charge in [0.1, 0.15) is 0 Å². The summed E-state index contributed by atoms with van der Waals surface area (Å²) in [6, 6.07) is 10.5. The maximum Gasteiger partial charge on any atom is 0.306 e. The van der Waals surface area contributed by atoms with Gasteiger partial charge < -0.3 is 4.74 Å². The van der Waals surface area contributed by atoms with Crippen LogP contribution >= 0.6 is 0 Å². The first-order valence-electron chi connectivity index (χ1n) is 6.98. The van der Waals surface area contributed by atoms with Crippen molar-refractivity contribution in [3.63, 3.8) is 0 Å². The van der Waals surface area contributed by atoms with E-state index in [0.717, 1.165) is 12.8 Å². The molecule has 98 valence electrons. The zero-order valence-corrected chi connectivity index (χ0v) is 11.2. The van der Waals surface area contributed by atoms with Crippen LogP contribution in [-0.2, 0) is 14.9 Å². The molecule has 0 amide bonds. The molecule has 1 saturated carbocycles. The third-order valence-electron chi connectivity index (χ3n) is 3.98. The molecule has 0 heterocycles. The van der Waals surface area contributed by atoms with E-state index in [1.165, 1.54) is 24.8 Å². The van der Waals surface area contributed by atoms with Crippen LogP contribution in [0, 0.1) is 0 Å². The molecule has 0 bridgehead atoms. The maximum atomic E-state index is 11.9. The Labute approximate surface area is 109 Å². The first-order chi connectivity index (χ1) is 8.77. The fraction of sp³-hybridized carbons (Fsp3) is 0.562. The Balaban J connectivity index is 2.20. The first-order valence-corrected chi connectivity index (χ1v) is 6.98. The third kappa shape index (κ3) is 2.92. The van der Waals surface area contributed by atoms with Gasteiger partial charge in [-0.2, -0.15) is 0 Å². The molecule has 0 spiro atoms. The van der Waals surface area contributed by atoms with E-state index in [1.54, 1.807) is 0 Å². The highest BCUT2D eigenvalue weighted by molar-refractivity contribution is 5.71. The second-order valence-corrected chi connectivity index (χ2v) is 5.19. The molecule has 0 N–H and O–H groups in total. The minimum absolute atomic E-state index is 0.0196. The molecule has 18 heavy (non-hydrogen) atoms. The van der Waals surface area contributed by atoms with Gasteiger partial charge in [0.05, 0.1) is 13.0 Å². The zero-order chi connectivity index (χ0) is 12.8. The van der Waals surface area contributed by atoms with Crippen LogP contribution in [0.4, 0.5) is 0 Å². The first kappa shape index (κ1) is 13.1. The average Bonchev–Trinajstić information content (AvgIpc) is 2.41. The molecule has 0 saturated heterocycles. The number of esters is 1. The molecule has 0 aromatic heterocycles. The van der Waals surface area contributed by atoms with E-state index < -0.39 is 0 Å². The molecule has 1 aliphatic carbocycles. The van der Waals surface area contributed by atoms with Gasteiger partial charge in [-0.25, -0.2) is 0 Å². The second kappa shape index (κ2) is 6.03. The molecule has 2 rings (SSSR count). The van der Waals surface area contributed by atoms with Crippen molar-refractivity contribution in [1.82, 2.24) is 0 Å². The Hall–Kier alpha value is -1.31. The molecule has 0 atom stereocenters. The van der Waals surface area contributed by atoms with Crippen LogP contribution < -0.4 is 0 Å². The summed E-state index contributed by atoms with van der Waals surface area (Å²) in [5.74, 6) is -0.0525. The Bertz CT molecular complexity index is 377. The lowest BCUT2D eigenvalue weighted by molar-refractivity contribution is -0.145. The van der Waals surface area contributed by atoms with Gasteiger partial charge in [0, 0.05) is 5.41 Å². The van der Waals surface area contributed by atoms with Gasteiger partial charge in [0.25, 0.3) is 0 Å². The fourth-order valence-electron chi connectivity index (χ4n) is 3.08. The highest BCUT2D eigenvalue weighted by Crippen LogP contribution is 2.42. The van der Waals surface area contributed by atoms with Crippen molar-refractivity contribution in [2.75, 3.05) is 6.61 Å². The van der Waals surface area contributed by atoms with Gasteiger partial charge in [-0.3, -0.25) is 4.79 Å². The predicted octanol–water partition coefficient (Wildman–Crippen LogP) is 3.84. The van der Waals surface area contributed by atoms with E-state index in [4.69, 9.17) is 4.74 Å². The Morgan fingerprint density at radius 3 is 2.44 bits per heavy atom. The highest BCUT2D eigenvalue weighted by Gasteiger charge is 2.36. The topological polar surface area (TPSA) is 26.3 Å². The van der Waals surface area contributed by atoms with E-state index in [0.29, 0.717) is 13.0 Å². The highest BCUT2D eigenvalue weighted by atomic mass is 16.5. The summed E-state index contributed by atoms with van der Waals surface area (Å²) in [5.41, 5.74) is 1.32. The van der Waals surface area contributed by atoms with Gasteiger partial charge in [-0.05, 0) is 25.3 Å². The van der Waals surface area contributed by atoms with Crippen LogP contribution in [0.1, 0.15) is 51.0 Å². The average molecular weight is 246 g/mol. The summed E-state index contributed by atoms with van der Waals surface area (Å²) in [4.78, 5) is 11.9. The van der Waals surface area contributed by atoms with Gasteiger partial charge in [-0.15, -0.1) is 0 Å². The molecular weight excluding hydrogens is 224 g/mol. The second-order valence-electron chi connectivity index (χ2n) is 5.19. The summed E-state index contributed by atoms with van der Waals surface area (Å²) in [7, 11) is 0. The van der Waals surface area contributed by atoms with Crippen molar-refractivity contribution < 1.29 is 9.53 Å². The molecule has 1 aromatic carbocycles. The standard InChI is InChI=1S/C16H22O2/c1-2-18-15(17)13-16(11-7-4-8-12-16)14-9-5-3-6-10-14/h3,5-6,9-10H,2,4,7-8,11-13H2,1H3. The SMILES string of the molecule is CCOC(=O)CC1(c2ccccc2)CCCCC1. The summed E-state index contributed by atoms with van der Waals surface area (Å²) in [5, 5.41) is 0. The van der Waals surface area contributed by atoms with Crippen LogP contribution in [0.3, 0.4) is 0 Å². The minimum atomic E-state index is -0.0525. The van der Waals surface area contributed by atoms with Crippen molar-refractivity contribution in [3.05, 3.63) is 35.9 Å². The van der Waals surface area contributed by atoms with E-state index in [2.05, 4.69) is 24.3 Å². The zero-order valence-electron chi connectivity index (χ0n) is 11.2. The fourth-order valence-corrected chi connectivity index (χ4v) is 3.08. The Morgan fingerprint density at radius 1 is 1.17 bits per heavy atom. The van der Waals surface area contributed by atoms with E-state index in [9.17, 15) is 4.79 Å². The van der Waals surface area contributed by atoms with Gasteiger partial charge in [0.2, 0.25) is 0 Å². The molecule has 1 aliphatic rings. The lowest BCUT2D eigenvalue weighted by Crippen LogP contribution is -2.32. The van der Waals surface area contributed by atoms with E-state index in [1.807, 2.05) is 13.0 Å². The van der Waals surface area contributed by atoms with Gasteiger partial charge >= 0.3 is 5.97 Å². The molecular formula is C16H22O2. The largest absolute Gasteiger partial charge is 0.466 e. The van der Waals surface area contributed by atoms with Crippen molar-refractivity contribution in [3.8, 4) is 0 Å². The number of carbonyl (C=O) groups is 1. The molecule has 1 aromatic rings. The molecule has 2 nitrogen and oxygen atoms in total. The number of carbonyl (C=O) groups excluding carboxylic acids is 1. The molecule has 0 aliphatic heterocycles.